The number of carbonyl (C=O) groups excluding carboxylic acids is 3. The van der Waals surface area contributed by atoms with Crippen LogP contribution in [-0.2, 0) is 14.4 Å². The van der Waals surface area contributed by atoms with E-state index in [1.807, 2.05) is 140 Å². The molecule has 0 aliphatic carbocycles. The van der Waals surface area contributed by atoms with Crippen LogP contribution in [0.4, 0.5) is 40.7 Å². The van der Waals surface area contributed by atoms with Gasteiger partial charge < -0.3 is 35.1 Å². The Kier molecular flexibility index (Phi) is 29.2. The highest BCUT2D eigenvalue weighted by Crippen LogP contribution is 2.44. The van der Waals surface area contributed by atoms with Gasteiger partial charge in [-0.3, -0.25) is 29.3 Å². The summed E-state index contributed by atoms with van der Waals surface area (Å²) in [5.41, 5.74) is 13.9. The minimum Gasteiger partial charge on any atom is -0.396 e. The van der Waals surface area contributed by atoms with Crippen LogP contribution in [0.25, 0.3) is 83.9 Å². The lowest BCUT2D eigenvalue weighted by Crippen LogP contribution is -2.58. The molecule has 25 nitrogen and oxygen atoms in total. The largest absolute Gasteiger partial charge is 0.396 e. The summed E-state index contributed by atoms with van der Waals surface area (Å²) in [6.07, 6.45) is 9.07. The molecule has 6 unspecified atom stereocenters. The zero-order valence-electron chi connectivity index (χ0n) is 78.0. The summed E-state index contributed by atoms with van der Waals surface area (Å²) in [7, 11) is 0. The second kappa shape index (κ2) is 39.8. The van der Waals surface area contributed by atoms with E-state index in [1.165, 1.54) is 39.5 Å². The Balaban J connectivity index is 0.000000169. The molecule has 0 saturated carbocycles. The van der Waals surface area contributed by atoms with Crippen molar-refractivity contribution in [3.63, 3.8) is 0 Å². The Hall–Kier alpha value is -13.0. The van der Waals surface area contributed by atoms with E-state index in [9.17, 15) is 41.9 Å². The fourth-order valence-corrected chi connectivity index (χ4v) is 18.6. The number of benzene rings is 3. The van der Waals surface area contributed by atoms with Crippen LogP contribution < -0.4 is 37.5 Å². The van der Waals surface area contributed by atoms with Gasteiger partial charge in [0.2, 0.25) is 17.7 Å². The molecule has 9 aromatic heterocycles. The number of nitrogens with two attached hydrogens (primary N) is 1. The smallest absolute Gasteiger partial charge is 0.355 e. The maximum Gasteiger partial charge on any atom is 0.355 e. The second-order valence-corrected chi connectivity index (χ2v) is 36.8. The molecule has 3 fully saturated rings. The SMILES string of the molecule is C=CC(=O)N1CC(C)N(c2nc(=O)n(-c3c(C(C)C)ccnc3C(C)C)c3nc(-c4ccccc4C(C)C)c(Cl)cc23)CC1C.C=CC(=O)N1CC(C)N(c2nc(=O)n(-c3c(C)ccnc3C(C)C)c3nc(-c4cc(C#CC)ccc4F)c(Cl)cc23)CC1C.C=CC(=O)N1CC(C)N(c2nc(=O)n(-c3c(C)ccnc3C(C)C)c3nc(-c4cc(F)c(F)c(F)c4N)c(Cl)cc23)CC1C. The summed E-state index contributed by atoms with van der Waals surface area (Å²) in [5.74, 6) is 1.45. The molecule has 32 heteroatoms. The molecule has 15 rings (SSSR count). The Bertz CT molecular complexity index is 6920. The number of nitrogen functional groups attached to an aromatic ring is 1. The van der Waals surface area contributed by atoms with Gasteiger partial charge in [0.05, 0.1) is 88.1 Å². The molecule has 3 aromatic carbocycles. The van der Waals surface area contributed by atoms with Crippen LogP contribution in [0.5, 0.6) is 0 Å². The van der Waals surface area contributed by atoms with Gasteiger partial charge in [-0.05, 0) is 193 Å². The number of aromatic nitrogens is 12. The maximum atomic E-state index is 15.3. The molecule has 3 saturated heterocycles. The molecule has 0 spiro atoms. The fourth-order valence-electron chi connectivity index (χ4n) is 17.8. The van der Waals surface area contributed by atoms with E-state index in [2.05, 4.69) is 109 Å². The van der Waals surface area contributed by atoms with Gasteiger partial charge in [0.15, 0.2) is 34.4 Å². The molecular weight excluding hydrogens is 1760 g/mol. The van der Waals surface area contributed by atoms with Crippen LogP contribution in [-0.4, -0.2) is 166 Å². The van der Waals surface area contributed by atoms with Crippen molar-refractivity contribution in [2.24, 2.45) is 0 Å². The van der Waals surface area contributed by atoms with Crippen molar-refractivity contribution in [3.8, 4) is 62.7 Å². The van der Waals surface area contributed by atoms with Gasteiger partial charge >= 0.3 is 17.1 Å². The molecule has 0 radical (unpaired) electrons. The van der Waals surface area contributed by atoms with E-state index < -0.39 is 46.0 Å². The van der Waals surface area contributed by atoms with Crippen molar-refractivity contribution in [2.45, 2.75) is 197 Å². The van der Waals surface area contributed by atoms with Crippen LogP contribution >= 0.6 is 34.8 Å². The second-order valence-electron chi connectivity index (χ2n) is 35.6. The summed E-state index contributed by atoms with van der Waals surface area (Å²) < 4.78 is 62.7. The molecule has 6 atom stereocenters. The van der Waals surface area contributed by atoms with Crippen LogP contribution in [0.2, 0.25) is 15.1 Å². The van der Waals surface area contributed by atoms with Crippen LogP contribution in [0, 0.1) is 49.0 Å². The average Bonchev–Trinajstić information content (AvgIpc) is 0.738. The molecule has 3 aliphatic heterocycles. The highest BCUT2D eigenvalue weighted by Gasteiger charge is 2.40. The lowest BCUT2D eigenvalue weighted by Gasteiger charge is -2.44. The minimum absolute atomic E-state index is 0.0172. The molecule has 12 aromatic rings. The number of hydrogen-bond donors (Lipinski definition) is 1. The van der Waals surface area contributed by atoms with E-state index >= 15 is 4.39 Å². The molecule has 133 heavy (non-hydrogen) atoms. The van der Waals surface area contributed by atoms with E-state index in [-0.39, 0.29) is 133 Å². The first-order chi connectivity index (χ1) is 63.1. The van der Waals surface area contributed by atoms with Crippen LogP contribution in [0.15, 0.2) is 156 Å². The third-order valence-corrected chi connectivity index (χ3v) is 25.4. The molecule has 12 heterocycles. The van der Waals surface area contributed by atoms with Gasteiger partial charge in [-0.1, -0.05) is 154 Å². The average molecular weight is 1870 g/mol. The monoisotopic (exact) mass is 1860 g/mol. The maximum absolute atomic E-state index is 15.3. The summed E-state index contributed by atoms with van der Waals surface area (Å²) in [6, 6.07) is 22.9. The third-order valence-electron chi connectivity index (χ3n) is 24.6. The van der Waals surface area contributed by atoms with Gasteiger partial charge in [0.1, 0.15) is 23.3 Å². The minimum atomic E-state index is -1.73. The number of rotatable bonds is 17. The number of fused-ring (bicyclic) bond motifs is 3. The lowest BCUT2D eigenvalue weighted by molar-refractivity contribution is -0.129. The normalized spacial score (nSPS) is 17.0. The molecule has 0 bridgehead atoms. The summed E-state index contributed by atoms with van der Waals surface area (Å²) in [6.45, 7) is 51.0. The van der Waals surface area contributed by atoms with Gasteiger partial charge in [-0.25, -0.2) is 60.6 Å². The summed E-state index contributed by atoms with van der Waals surface area (Å²) >= 11 is 20.7. The Labute approximate surface area is 785 Å². The fraction of sp³-hybridized carbons (Fsp3) is 0.356. The number of aryl methyl sites for hydroxylation is 2. The number of anilines is 4. The number of carbonyl (C=O) groups is 3. The summed E-state index contributed by atoms with van der Waals surface area (Å²) in [5, 5.41) is 2.16. The van der Waals surface area contributed by atoms with Crippen LogP contribution in [0.1, 0.15) is 192 Å². The predicted octanol–water partition coefficient (Wildman–Crippen LogP) is 19.1. The van der Waals surface area contributed by atoms with E-state index in [4.69, 9.17) is 60.5 Å². The van der Waals surface area contributed by atoms with Crippen LogP contribution in [0.3, 0.4) is 0 Å². The quantitative estimate of drug-likeness (QED) is 0.0291. The van der Waals surface area contributed by atoms with Crippen molar-refractivity contribution >= 4 is 109 Å². The van der Waals surface area contributed by atoms with E-state index in [0.717, 1.165) is 33.6 Å². The Morgan fingerprint density at radius 3 is 1.17 bits per heavy atom. The summed E-state index contributed by atoms with van der Waals surface area (Å²) in [4.78, 5) is 134. The van der Waals surface area contributed by atoms with E-state index in [1.54, 1.807) is 57.9 Å². The topological polar surface area (TPSA) is 279 Å². The first kappa shape index (κ1) is 97.5. The number of halogens is 7. The van der Waals surface area contributed by atoms with Crippen molar-refractivity contribution < 1.29 is 31.9 Å². The van der Waals surface area contributed by atoms with Crippen molar-refractivity contribution in [2.75, 3.05) is 59.7 Å². The molecule has 2 N–H and O–H groups in total. The van der Waals surface area contributed by atoms with Crippen molar-refractivity contribution in [1.82, 2.24) is 73.3 Å². The lowest BCUT2D eigenvalue weighted by atomic mass is 9.95. The zero-order valence-corrected chi connectivity index (χ0v) is 80.3. The number of pyridine rings is 6. The molecular formula is C101H108Cl3F4N19O6. The highest BCUT2D eigenvalue weighted by molar-refractivity contribution is 6.35. The van der Waals surface area contributed by atoms with Gasteiger partial charge in [0.25, 0.3) is 0 Å². The highest BCUT2D eigenvalue weighted by atomic mass is 35.5. The first-order valence-electron chi connectivity index (χ1n) is 44.2. The standard InChI is InChI=1S/C36H43ClN6O2.C34H34ClFN6O2.C31H31ClF3N7O2/c1-10-30(44)41-18-24(9)42(19-23(41)8)34-28-17-29(37)32(27-14-12-11-13-25(27)20(2)3)39-35(28)43(36(45)40-34)33-26(21(4)5)15-16-38-31(33)22(6)7;1-8-10-23-11-12-27(36)24(15-23)30-26(35)16-25-32(41-18-21(6)40(17-22(41)7)28(43)9-2)39-34(44)42(33(25)38-30)31-20(5)13-14-37-29(31)19(3)4;1-7-22(43)40-12-17(6)41(13-16(40)5)29-19-10-20(32)27(18-11-21(33)23(34)24(35)25(18)36)38-30(19)42(31(44)39-29)28-15(4)8-9-37-26(28)14(2)3/h10-17,20-24H,1,18-19H2,2-9H3;9,11-16,19,21-22H,2,17-18H2,1,3-7H3;7-11,14,16-17H,1,12-13,36H2,2-6H3. The number of amides is 3. The molecule has 3 aliphatic rings. The van der Waals surface area contributed by atoms with Crippen molar-refractivity contribution in [1.29, 1.82) is 0 Å². The number of hydrogen-bond acceptors (Lipinski definition) is 19. The number of nitrogens with zero attached hydrogens (tertiary/aromatic N) is 18. The predicted molar refractivity (Wildman–Crippen MR) is 521 cm³/mol. The van der Waals surface area contributed by atoms with E-state index in [0.29, 0.717) is 123 Å². The van der Waals surface area contributed by atoms with Crippen molar-refractivity contribution in [3.05, 3.63) is 256 Å². The Morgan fingerprint density at radius 1 is 0.429 bits per heavy atom. The van der Waals surface area contributed by atoms with Gasteiger partial charge in [0, 0.05) is 116 Å². The van der Waals surface area contributed by atoms with Gasteiger partial charge in [-0.2, -0.15) is 15.0 Å². The third kappa shape index (κ3) is 18.8. The molecule has 3 amide bonds. The number of piperazine rings is 3. The first-order valence-corrected chi connectivity index (χ1v) is 45.4. The Morgan fingerprint density at radius 2 is 0.789 bits per heavy atom. The molecule has 692 valence electrons. The van der Waals surface area contributed by atoms with Gasteiger partial charge in [-0.15, -0.1) is 5.92 Å². The zero-order chi connectivity index (χ0) is 96.8.